The highest BCUT2D eigenvalue weighted by atomic mass is 16.3. The first kappa shape index (κ1) is 12.4. The fraction of sp³-hybridized carbons (Fsp3) is 0.600. The van der Waals surface area contributed by atoms with E-state index in [1.54, 1.807) is 0 Å². The Bertz CT molecular complexity index is 375. The molecular formula is C15H23NO. The predicted octanol–water partition coefficient (Wildman–Crippen LogP) is 3.32. The molecule has 0 radical (unpaired) electrons. The van der Waals surface area contributed by atoms with Crippen LogP contribution in [0.4, 0.5) is 0 Å². The Labute approximate surface area is 104 Å². The van der Waals surface area contributed by atoms with Gasteiger partial charge in [-0.1, -0.05) is 31.0 Å². The summed E-state index contributed by atoms with van der Waals surface area (Å²) in [5.41, 5.74) is 2.30. The molecule has 0 aliphatic carbocycles. The Hall–Kier alpha value is -1.02. The van der Waals surface area contributed by atoms with Crippen molar-refractivity contribution < 1.29 is 5.11 Å². The minimum atomic E-state index is 0.439. The molecule has 1 heterocycles. The number of aromatic hydroxyl groups is 1. The van der Waals surface area contributed by atoms with Gasteiger partial charge in [-0.15, -0.1) is 0 Å². The zero-order valence-corrected chi connectivity index (χ0v) is 10.9. The molecule has 1 aliphatic rings. The quantitative estimate of drug-likeness (QED) is 0.862. The molecule has 1 fully saturated rings. The smallest absolute Gasteiger partial charge is 0.120 e. The van der Waals surface area contributed by atoms with Gasteiger partial charge in [0.2, 0.25) is 0 Å². The first-order valence-corrected chi connectivity index (χ1v) is 6.70. The van der Waals surface area contributed by atoms with Crippen LogP contribution in [-0.4, -0.2) is 23.1 Å². The van der Waals surface area contributed by atoms with Crippen LogP contribution in [0.25, 0.3) is 0 Å². The van der Waals surface area contributed by atoms with E-state index < -0.39 is 0 Å². The van der Waals surface area contributed by atoms with Crippen molar-refractivity contribution in [2.75, 3.05) is 13.1 Å². The third kappa shape index (κ3) is 3.22. The van der Waals surface area contributed by atoms with Crippen molar-refractivity contribution in [2.24, 2.45) is 5.92 Å². The van der Waals surface area contributed by atoms with Crippen molar-refractivity contribution in [3.63, 3.8) is 0 Å². The first-order chi connectivity index (χ1) is 8.19. The number of phenols is 1. The van der Waals surface area contributed by atoms with Crippen LogP contribution in [0.5, 0.6) is 5.75 Å². The molecule has 1 aromatic rings. The summed E-state index contributed by atoms with van der Waals surface area (Å²) >= 11 is 0. The number of hydrogen-bond donors (Lipinski definition) is 1. The lowest BCUT2D eigenvalue weighted by atomic mass is 10.0. The molecule has 1 atom stereocenters. The average molecular weight is 233 g/mol. The molecule has 1 aliphatic heterocycles. The summed E-state index contributed by atoms with van der Waals surface area (Å²) in [7, 11) is 0. The summed E-state index contributed by atoms with van der Waals surface area (Å²) in [5.74, 6) is 1.31. The van der Waals surface area contributed by atoms with Crippen LogP contribution in [0.3, 0.4) is 0 Å². The molecule has 1 saturated heterocycles. The minimum Gasteiger partial charge on any atom is -0.508 e. The Morgan fingerprint density at radius 1 is 1.41 bits per heavy atom. The highest BCUT2D eigenvalue weighted by molar-refractivity contribution is 5.35. The molecule has 0 bridgehead atoms. The first-order valence-electron chi connectivity index (χ1n) is 6.70. The molecule has 17 heavy (non-hydrogen) atoms. The summed E-state index contributed by atoms with van der Waals surface area (Å²) in [5, 5.41) is 9.84. The summed E-state index contributed by atoms with van der Waals surface area (Å²) < 4.78 is 0. The summed E-state index contributed by atoms with van der Waals surface area (Å²) in [4.78, 5) is 2.47. The fourth-order valence-corrected chi connectivity index (χ4v) is 2.78. The van der Waals surface area contributed by atoms with Crippen molar-refractivity contribution in [1.82, 2.24) is 4.90 Å². The Morgan fingerprint density at radius 2 is 2.24 bits per heavy atom. The van der Waals surface area contributed by atoms with Crippen LogP contribution in [0, 0.1) is 12.8 Å². The molecule has 0 saturated carbocycles. The largest absolute Gasteiger partial charge is 0.508 e. The Balaban J connectivity index is 1.95. The van der Waals surface area contributed by atoms with E-state index >= 15 is 0 Å². The highest BCUT2D eigenvalue weighted by Crippen LogP contribution is 2.25. The zero-order chi connectivity index (χ0) is 12.3. The van der Waals surface area contributed by atoms with Gasteiger partial charge in [0.25, 0.3) is 0 Å². The highest BCUT2D eigenvalue weighted by Gasteiger charge is 2.22. The van der Waals surface area contributed by atoms with Gasteiger partial charge in [0.15, 0.2) is 0 Å². The van der Waals surface area contributed by atoms with Gasteiger partial charge in [-0.05, 0) is 38.3 Å². The van der Waals surface area contributed by atoms with Gasteiger partial charge < -0.3 is 5.11 Å². The normalized spacial score (nSPS) is 20.9. The monoisotopic (exact) mass is 233 g/mol. The minimum absolute atomic E-state index is 0.439. The maximum atomic E-state index is 9.84. The van der Waals surface area contributed by atoms with E-state index in [9.17, 15) is 5.11 Å². The van der Waals surface area contributed by atoms with Crippen LogP contribution in [-0.2, 0) is 6.54 Å². The second-order valence-corrected chi connectivity index (χ2v) is 5.31. The number of hydrogen-bond acceptors (Lipinski definition) is 2. The van der Waals surface area contributed by atoms with Crippen LogP contribution in [0.1, 0.15) is 37.3 Å². The fourth-order valence-electron chi connectivity index (χ4n) is 2.78. The number of phenolic OH excluding ortho intramolecular Hbond substituents is 1. The van der Waals surface area contributed by atoms with Crippen molar-refractivity contribution in [3.8, 4) is 5.75 Å². The summed E-state index contributed by atoms with van der Waals surface area (Å²) in [6, 6.07) is 5.87. The third-order valence-corrected chi connectivity index (χ3v) is 3.70. The van der Waals surface area contributed by atoms with E-state index in [1.165, 1.54) is 37.9 Å². The van der Waals surface area contributed by atoms with Crippen molar-refractivity contribution in [3.05, 3.63) is 29.3 Å². The molecule has 1 aromatic carbocycles. The molecule has 94 valence electrons. The SMILES string of the molecule is CCCC1CCN(Cc2cc(C)ccc2O)C1. The molecular weight excluding hydrogens is 210 g/mol. The van der Waals surface area contributed by atoms with E-state index in [-0.39, 0.29) is 0 Å². The molecule has 1 unspecified atom stereocenters. The molecule has 0 spiro atoms. The Morgan fingerprint density at radius 3 is 3.00 bits per heavy atom. The van der Waals surface area contributed by atoms with Crippen LogP contribution in [0.15, 0.2) is 18.2 Å². The summed E-state index contributed by atoms with van der Waals surface area (Å²) in [6.45, 7) is 7.61. The van der Waals surface area contributed by atoms with Gasteiger partial charge in [0.1, 0.15) is 5.75 Å². The lowest BCUT2D eigenvalue weighted by Crippen LogP contribution is -2.20. The van der Waals surface area contributed by atoms with Gasteiger partial charge in [-0.3, -0.25) is 4.90 Å². The summed E-state index contributed by atoms with van der Waals surface area (Å²) in [6.07, 6.45) is 3.95. The van der Waals surface area contributed by atoms with E-state index in [0.29, 0.717) is 5.75 Å². The molecule has 2 nitrogen and oxygen atoms in total. The van der Waals surface area contributed by atoms with E-state index in [0.717, 1.165) is 18.0 Å². The number of nitrogens with zero attached hydrogens (tertiary/aromatic N) is 1. The van der Waals surface area contributed by atoms with Gasteiger partial charge in [-0.2, -0.15) is 0 Å². The van der Waals surface area contributed by atoms with Crippen LogP contribution in [0.2, 0.25) is 0 Å². The number of benzene rings is 1. The lowest BCUT2D eigenvalue weighted by molar-refractivity contribution is 0.307. The zero-order valence-electron chi connectivity index (χ0n) is 10.9. The van der Waals surface area contributed by atoms with E-state index in [4.69, 9.17) is 0 Å². The molecule has 0 amide bonds. The van der Waals surface area contributed by atoms with Crippen molar-refractivity contribution >= 4 is 0 Å². The number of rotatable bonds is 4. The second kappa shape index (κ2) is 5.54. The number of likely N-dealkylation sites (tertiary alicyclic amines) is 1. The lowest BCUT2D eigenvalue weighted by Gasteiger charge is -2.17. The van der Waals surface area contributed by atoms with E-state index in [2.05, 4.69) is 24.8 Å². The second-order valence-electron chi connectivity index (χ2n) is 5.31. The number of aryl methyl sites for hydroxylation is 1. The van der Waals surface area contributed by atoms with Gasteiger partial charge in [-0.25, -0.2) is 0 Å². The van der Waals surface area contributed by atoms with Crippen molar-refractivity contribution in [1.29, 1.82) is 0 Å². The van der Waals surface area contributed by atoms with Crippen molar-refractivity contribution in [2.45, 2.75) is 39.7 Å². The third-order valence-electron chi connectivity index (χ3n) is 3.70. The predicted molar refractivity (Wildman–Crippen MR) is 71.1 cm³/mol. The molecule has 1 N–H and O–H groups in total. The van der Waals surface area contributed by atoms with Gasteiger partial charge in [0, 0.05) is 18.7 Å². The van der Waals surface area contributed by atoms with Crippen LogP contribution < -0.4 is 0 Å². The van der Waals surface area contributed by atoms with Gasteiger partial charge >= 0.3 is 0 Å². The maximum absolute atomic E-state index is 9.84. The maximum Gasteiger partial charge on any atom is 0.120 e. The average Bonchev–Trinajstić information content (AvgIpc) is 2.72. The molecule has 2 heteroatoms. The molecule has 2 rings (SSSR count). The standard InChI is InChI=1S/C15H23NO/c1-3-4-13-7-8-16(10-13)11-14-9-12(2)5-6-15(14)17/h5-6,9,13,17H,3-4,7-8,10-11H2,1-2H3. The Kier molecular flexibility index (Phi) is 4.06. The topological polar surface area (TPSA) is 23.5 Å². The van der Waals surface area contributed by atoms with Gasteiger partial charge in [0.05, 0.1) is 0 Å². The molecule has 0 aromatic heterocycles. The van der Waals surface area contributed by atoms with Crippen LogP contribution >= 0.6 is 0 Å². The van der Waals surface area contributed by atoms with E-state index in [1.807, 2.05) is 12.1 Å².